The topological polar surface area (TPSA) is 46.4 Å². The minimum absolute atomic E-state index is 0.0114. The highest BCUT2D eigenvalue weighted by Crippen LogP contribution is 2.32. The van der Waals surface area contributed by atoms with Gasteiger partial charge in [-0.25, -0.2) is 0 Å². The molecule has 18 heavy (non-hydrogen) atoms. The highest BCUT2D eigenvalue weighted by Gasteiger charge is 2.18. The van der Waals surface area contributed by atoms with Gasteiger partial charge in [0.05, 0.1) is 4.92 Å². The number of nitro benzene ring substituents is 1. The molecule has 1 saturated heterocycles. The number of benzene rings is 1. The van der Waals surface area contributed by atoms with E-state index in [-0.39, 0.29) is 11.3 Å². The summed E-state index contributed by atoms with van der Waals surface area (Å²) in [6.45, 7) is 7.91. The molecule has 0 unspecified atom stereocenters. The van der Waals surface area contributed by atoms with E-state index in [1.807, 2.05) is 0 Å². The first-order valence-corrected chi connectivity index (χ1v) is 6.83. The zero-order valence-corrected chi connectivity index (χ0v) is 11.2. The van der Waals surface area contributed by atoms with E-state index in [1.165, 1.54) is 6.07 Å². The Hall–Kier alpha value is -1.07. The minimum atomic E-state index is -0.445. The van der Waals surface area contributed by atoms with Crippen molar-refractivity contribution in [1.82, 2.24) is 4.90 Å². The van der Waals surface area contributed by atoms with E-state index in [2.05, 4.69) is 11.9 Å². The number of hydrogen-bond donors (Lipinski definition) is 0. The monoisotopic (exact) mass is 264 g/mol. The SMILES string of the molecule is [CH]c1cc(SC2CCN(C)CC2)ccc1[N+](=O)[O-]. The number of nitro groups is 1. The lowest BCUT2D eigenvalue weighted by Gasteiger charge is -2.28. The van der Waals surface area contributed by atoms with E-state index >= 15 is 0 Å². The minimum Gasteiger partial charge on any atom is -0.306 e. The Morgan fingerprint density at radius 1 is 1.44 bits per heavy atom. The Balaban J connectivity index is 2.02. The average Bonchev–Trinajstić information content (AvgIpc) is 2.32. The Morgan fingerprint density at radius 2 is 2.11 bits per heavy atom. The van der Waals surface area contributed by atoms with Gasteiger partial charge in [-0.3, -0.25) is 10.1 Å². The number of likely N-dealkylation sites (tertiary alicyclic amines) is 1. The maximum absolute atomic E-state index is 10.7. The predicted molar refractivity (Wildman–Crippen MR) is 72.9 cm³/mol. The molecule has 0 N–H and O–H groups in total. The van der Waals surface area contributed by atoms with Crippen molar-refractivity contribution < 1.29 is 4.92 Å². The van der Waals surface area contributed by atoms with Crippen LogP contribution in [0.3, 0.4) is 0 Å². The Labute approximate surface area is 112 Å². The van der Waals surface area contributed by atoms with Crippen molar-refractivity contribution in [3.05, 3.63) is 40.8 Å². The fraction of sp³-hybridized carbons (Fsp3) is 0.462. The molecule has 1 aromatic rings. The van der Waals surface area contributed by atoms with Crippen LogP contribution < -0.4 is 0 Å². The van der Waals surface area contributed by atoms with Gasteiger partial charge in [0, 0.05) is 28.7 Å². The summed E-state index contributed by atoms with van der Waals surface area (Å²) in [6, 6.07) is 4.99. The van der Waals surface area contributed by atoms with E-state index in [4.69, 9.17) is 6.92 Å². The van der Waals surface area contributed by atoms with Crippen LogP contribution in [0.5, 0.6) is 0 Å². The van der Waals surface area contributed by atoms with Crippen LogP contribution >= 0.6 is 11.8 Å². The molecule has 2 rings (SSSR count). The molecule has 4 nitrogen and oxygen atoms in total. The fourth-order valence-electron chi connectivity index (χ4n) is 2.07. The zero-order chi connectivity index (χ0) is 13.1. The van der Waals surface area contributed by atoms with Crippen molar-refractivity contribution in [1.29, 1.82) is 0 Å². The molecule has 0 atom stereocenters. The van der Waals surface area contributed by atoms with Gasteiger partial charge >= 0.3 is 0 Å². The number of rotatable bonds is 3. The van der Waals surface area contributed by atoms with Crippen molar-refractivity contribution in [2.75, 3.05) is 20.1 Å². The molecule has 0 saturated carbocycles. The largest absolute Gasteiger partial charge is 0.306 e. The summed E-state index contributed by atoms with van der Waals surface area (Å²) in [5, 5.41) is 11.3. The molecular formula is C13H16N2O2S. The molecule has 2 radical (unpaired) electrons. The van der Waals surface area contributed by atoms with Crippen molar-refractivity contribution >= 4 is 17.4 Å². The van der Waals surface area contributed by atoms with Crippen molar-refractivity contribution in [3.8, 4) is 0 Å². The molecule has 1 fully saturated rings. The standard InChI is InChI=1S/C13H16N2O2S/c1-10-9-12(3-4-13(10)15(16)17)18-11-5-7-14(2)8-6-11/h1,3-4,9,11H,5-8H2,2H3. The van der Waals surface area contributed by atoms with Gasteiger partial charge in [-0.2, -0.15) is 0 Å². The van der Waals surface area contributed by atoms with Gasteiger partial charge in [0.2, 0.25) is 0 Å². The molecule has 1 aliphatic rings. The second-order valence-electron chi connectivity index (χ2n) is 4.60. The van der Waals surface area contributed by atoms with Crippen LogP contribution in [-0.4, -0.2) is 35.2 Å². The second-order valence-corrected chi connectivity index (χ2v) is 5.97. The van der Waals surface area contributed by atoms with Crippen LogP contribution in [0.25, 0.3) is 0 Å². The third-order valence-electron chi connectivity index (χ3n) is 3.16. The van der Waals surface area contributed by atoms with E-state index in [0.29, 0.717) is 5.25 Å². The molecule has 1 aliphatic heterocycles. The molecule has 1 aromatic carbocycles. The summed E-state index contributed by atoms with van der Waals surface area (Å²) in [5.41, 5.74) is 0.237. The summed E-state index contributed by atoms with van der Waals surface area (Å²) < 4.78 is 0. The first-order chi connectivity index (χ1) is 8.56. The maximum Gasteiger partial charge on any atom is 0.272 e. The van der Waals surface area contributed by atoms with Gasteiger partial charge in [-0.15, -0.1) is 11.8 Å². The Kier molecular flexibility index (Phi) is 4.24. The first-order valence-electron chi connectivity index (χ1n) is 5.95. The molecule has 0 bridgehead atoms. The Bertz CT molecular complexity index is 443. The number of piperidine rings is 1. The molecule has 5 heteroatoms. The van der Waals surface area contributed by atoms with Crippen LogP contribution in [0, 0.1) is 17.0 Å². The van der Waals surface area contributed by atoms with E-state index in [1.54, 1.807) is 23.9 Å². The summed E-state index contributed by atoms with van der Waals surface area (Å²) in [7, 11) is 2.13. The van der Waals surface area contributed by atoms with Crippen LogP contribution in [0.15, 0.2) is 23.1 Å². The number of thioether (sulfide) groups is 1. The lowest BCUT2D eigenvalue weighted by Crippen LogP contribution is -2.31. The molecule has 0 aliphatic carbocycles. The van der Waals surface area contributed by atoms with Crippen LogP contribution in [0.2, 0.25) is 0 Å². The normalized spacial score (nSPS) is 17.9. The van der Waals surface area contributed by atoms with Crippen LogP contribution in [0.1, 0.15) is 18.4 Å². The highest BCUT2D eigenvalue weighted by atomic mass is 32.2. The van der Waals surface area contributed by atoms with Gasteiger partial charge in [0.15, 0.2) is 0 Å². The van der Waals surface area contributed by atoms with Gasteiger partial charge < -0.3 is 4.90 Å². The summed E-state index contributed by atoms with van der Waals surface area (Å²) in [5.74, 6) is 0. The molecule has 1 heterocycles. The van der Waals surface area contributed by atoms with Gasteiger partial charge in [-0.1, -0.05) is 0 Å². The zero-order valence-electron chi connectivity index (χ0n) is 10.3. The number of hydrogen-bond acceptors (Lipinski definition) is 4. The third-order valence-corrected chi connectivity index (χ3v) is 4.49. The van der Waals surface area contributed by atoms with Crippen molar-refractivity contribution in [3.63, 3.8) is 0 Å². The van der Waals surface area contributed by atoms with Crippen molar-refractivity contribution in [2.45, 2.75) is 23.0 Å². The lowest BCUT2D eigenvalue weighted by molar-refractivity contribution is -0.385. The van der Waals surface area contributed by atoms with Crippen LogP contribution in [-0.2, 0) is 0 Å². The van der Waals surface area contributed by atoms with E-state index in [0.717, 1.165) is 30.8 Å². The lowest BCUT2D eigenvalue weighted by atomic mass is 10.1. The van der Waals surface area contributed by atoms with Gasteiger partial charge in [0.1, 0.15) is 0 Å². The van der Waals surface area contributed by atoms with E-state index < -0.39 is 4.92 Å². The Morgan fingerprint density at radius 3 is 2.67 bits per heavy atom. The maximum atomic E-state index is 10.7. The quantitative estimate of drug-likeness (QED) is 0.622. The van der Waals surface area contributed by atoms with E-state index in [9.17, 15) is 10.1 Å². The van der Waals surface area contributed by atoms with Gasteiger partial charge in [0.25, 0.3) is 5.69 Å². The molecular weight excluding hydrogens is 248 g/mol. The second kappa shape index (κ2) is 5.71. The molecule has 96 valence electrons. The average molecular weight is 264 g/mol. The van der Waals surface area contributed by atoms with Gasteiger partial charge in [-0.05, 0) is 45.1 Å². The summed E-state index contributed by atoms with van der Waals surface area (Å²) >= 11 is 1.77. The molecule has 0 aromatic heterocycles. The van der Waals surface area contributed by atoms with Crippen molar-refractivity contribution in [2.24, 2.45) is 0 Å². The summed E-state index contributed by atoms with van der Waals surface area (Å²) in [6.07, 6.45) is 2.30. The predicted octanol–water partition coefficient (Wildman–Crippen LogP) is 2.84. The highest BCUT2D eigenvalue weighted by molar-refractivity contribution is 8.00. The first kappa shape index (κ1) is 13.4. The number of nitrogens with zero attached hydrogens (tertiary/aromatic N) is 2. The smallest absolute Gasteiger partial charge is 0.272 e. The van der Waals surface area contributed by atoms with Crippen LogP contribution in [0.4, 0.5) is 5.69 Å². The molecule has 0 spiro atoms. The third kappa shape index (κ3) is 3.23. The summed E-state index contributed by atoms with van der Waals surface area (Å²) in [4.78, 5) is 13.6. The molecule has 0 amide bonds. The fourth-order valence-corrected chi connectivity index (χ4v) is 3.24.